The molecule has 0 fully saturated rings. The summed E-state index contributed by atoms with van der Waals surface area (Å²) in [5, 5.41) is 4.82. The van der Waals surface area contributed by atoms with Gasteiger partial charge in [0.15, 0.2) is 0 Å². The molecule has 1 atom stereocenters. The third-order valence-corrected chi connectivity index (χ3v) is 4.58. The highest BCUT2D eigenvalue weighted by atomic mass is 79.9. The number of thiophene rings is 1. The second-order valence-corrected chi connectivity index (χ2v) is 7.09. The number of carbonyl (C=O) groups is 1. The van der Waals surface area contributed by atoms with E-state index in [9.17, 15) is 4.79 Å². The smallest absolute Gasteiger partial charge is 0.252 e. The summed E-state index contributed by atoms with van der Waals surface area (Å²) in [5.74, 6) is -0.0487. The van der Waals surface area contributed by atoms with E-state index < -0.39 is 0 Å². The van der Waals surface area contributed by atoms with Crippen LogP contribution in [0.25, 0.3) is 0 Å². The minimum atomic E-state index is -0.0487. The molecule has 0 spiro atoms. The number of carbonyl (C=O) groups excluding carboxylic acids is 1. The van der Waals surface area contributed by atoms with Gasteiger partial charge in [-0.05, 0) is 46.6 Å². The monoisotopic (exact) mass is 387 g/mol. The van der Waals surface area contributed by atoms with Crippen molar-refractivity contribution in [2.24, 2.45) is 0 Å². The molecule has 1 heterocycles. The first-order valence-electron chi connectivity index (χ1n) is 5.36. The van der Waals surface area contributed by atoms with Crippen molar-refractivity contribution < 1.29 is 4.79 Å². The van der Waals surface area contributed by atoms with Crippen molar-refractivity contribution in [1.29, 1.82) is 0 Å². The zero-order valence-corrected chi connectivity index (χ0v) is 13.6. The van der Waals surface area contributed by atoms with E-state index in [1.165, 1.54) is 11.3 Å². The Labute approximate surface area is 127 Å². The standard InChI is InChI=1S/C13H11Br2NOS/c1-8(9-2-4-11(14)5-3-9)16-13(17)10-6-12(15)18-7-10/h2-8H,1H3,(H,16,17)/t8-/m1/s1. The van der Waals surface area contributed by atoms with Crippen LogP contribution < -0.4 is 5.32 Å². The van der Waals surface area contributed by atoms with Crippen LogP contribution in [0.5, 0.6) is 0 Å². The summed E-state index contributed by atoms with van der Waals surface area (Å²) in [6.07, 6.45) is 0. The van der Waals surface area contributed by atoms with Gasteiger partial charge in [0.05, 0.1) is 15.4 Å². The van der Waals surface area contributed by atoms with Crippen LogP contribution in [0.15, 0.2) is 44.0 Å². The number of nitrogens with one attached hydrogen (secondary N) is 1. The zero-order valence-electron chi connectivity index (χ0n) is 9.61. The molecule has 2 nitrogen and oxygen atoms in total. The topological polar surface area (TPSA) is 29.1 Å². The minimum absolute atomic E-state index is 0.00993. The molecule has 1 N–H and O–H groups in total. The van der Waals surface area contributed by atoms with Gasteiger partial charge in [0.1, 0.15) is 0 Å². The number of halogens is 2. The third-order valence-electron chi connectivity index (χ3n) is 2.55. The van der Waals surface area contributed by atoms with E-state index in [0.717, 1.165) is 13.8 Å². The largest absolute Gasteiger partial charge is 0.345 e. The Morgan fingerprint density at radius 3 is 2.50 bits per heavy atom. The van der Waals surface area contributed by atoms with Crippen molar-refractivity contribution in [3.63, 3.8) is 0 Å². The zero-order chi connectivity index (χ0) is 13.1. The van der Waals surface area contributed by atoms with Crippen LogP contribution >= 0.6 is 43.2 Å². The van der Waals surface area contributed by atoms with Gasteiger partial charge in [-0.1, -0.05) is 28.1 Å². The predicted octanol–water partition coefficient (Wildman–Crippen LogP) is 4.76. The molecule has 94 valence electrons. The number of hydrogen-bond acceptors (Lipinski definition) is 2. The third kappa shape index (κ3) is 3.43. The second-order valence-electron chi connectivity index (χ2n) is 3.89. The molecule has 0 unspecified atom stereocenters. The van der Waals surface area contributed by atoms with Crippen molar-refractivity contribution in [1.82, 2.24) is 5.32 Å². The molecule has 2 aromatic rings. The first kappa shape index (κ1) is 13.8. The summed E-state index contributed by atoms with van der Waals surface area (Å²) in [5.41, 5.74) is 1.77. The molecule has 0 saturated heterocycles. The Morgan fingerprint density at radius 2 is 1.94 bits per heavy atom. The first-order valence-corrected chi connectivity index (χ1v) is 7.83. The molecule has 1 aromatic heterocycles. The average molecular weight is 389 g/mol. The fourth-order valence-electron chi connectivity index (χ4n) is 1.54. The molecule has 0 aliphatic carbocycles. The fourth-order valence-corrected chi connectivity index (χ4v) is 2.94. The number of hydrogen-bond donors (Lipinski definition) is 1. The molecule has 5 heteroatoms. The lowest BCUT2D eigenvalue weighted by Gasteiger charge is -2.13. The Hall–Kier alpha value is -0.650. The van der Waals surface area contributed by atoms with E-state index in [4.69, 9.17) is 0 Å². The van der Waals surface area contributed by atoms with E-state index in [2.05, 4.69) is 37.2 Å². The highest BCUT2D eigenvalue weighted by Gasteiger charge is 2.12. The molecule has 0 aliphatic rings. The lowest BCUT2D eigenvalue weighted by Crippen LogP contribution is -2.26. The van der Waals surface area contributed by atoms with Crippen LogP contribution in [0.2, 0.25) is 0 Å². The molecule has 0 saturated carbocycles. The first-order chi connectivity index (χ1) is 8.56. The number of rotatable bonds is 3. The quantitative estimate of drug-likeness (QED) is 0.806. The van der Waals surface area contributed by atoms with Crippen molar-refractivity contribution in [3.8, 4) is 0 Å². The summed E-state index contributed by atoms with van der Waals surface area (Å²) < 4.78 is 2.00. The van der Waals surface area contributed by atoms with Crippen molar-refractivity contribution in [2.75, 3.05) is 0 Å². The Bertz CT molecular complexity index is 550. The molecule has 0 radical (unpaired) electrons. The van der Waals surface area contributed by atoms with Crippen LogP contribution in [-0.2, 0) is 0 Å². The molecule has 18 heavy (non-hydrogen) atoms. The van der Waals surface area contributed by atoms with Crippen LogP contribution in [0, 0.1) is 0 Å². The molecular formula is C13H11Br2NOS. The van der Waals surface area contributed by atoms with Crippen LogP contribution in [0.1, 0.15) is 28.9 Å². The summed E-state index contributed by atoms with van der Waals surface area (Å²) in [6, 6.07) is 9.76. The van der Waals surface area contributed by atoms with E-state index in [1.54, 1.807) is 0 Å². The van der Waals surface area contributed by atoms with Gasteiger partial charge in [0.25, 0.3) is 5.91 Å². The van der Waals surface area contributed by atoms with Gasteiger partial charge in [0.2, 0.25) is 0 Å². The SMILES string of the molecule is C[C@@H](NC(=O)c1csc(Br)c1)c1ccc(Br)cc1. The maximum Gasteiger partial charge on any atom is 0.252 e. The Morgan fingerprint density at radius 1 is 1.28 bits per heavy atom. The fraction of sp³-hybridized carbons (Fsp3) is 0.154. The van der Waals surface area contributed by atoms with Gasteiger partial charge in [0, 0.05) is 9.85 Å². The second kappa shape index (κ2) is 5.99. The van der Waals surface area contributed by atoms with Gasteiger partial charge >= 0.3 is 0 Å². The highest BCUT2D eigenvalue weighted by molar-refractivity contribution is 9.11. The Kier molecular flexibility index (Phi) is 4.59. The van der Waals surface area contributed by atoms with Gasteiger partial charge in [-0.25, -0.2) is 0 Å². The van der Waals surface area contributed by atoms with Crippen molar-refractivity contribution >= 4 is 49.1 Å². The molecule has 2 rings (SSSR count). The van der Waals surface area contributed by atoms with E-state index in [1.807, 2.05) is 42.6 Å². The van der Waals surface area contributed by atoms with E-state index in [0.29, 0.717) is 5.56 Å². The maximum atomic E-state index is 12.0. The lowest BCUT2D eigenvalue weighted by molar-refractivity contribution is 0.0940. The van der Waals surface area contributed by atoms with Gasteiger partial charge in [-0.3, -0.25) is 4.79 Å². The van der Waals surface area contributed by atoms with Crippen LogP contribution in [0.3, 0.4) is 0 Å². The molecular weight excluding hydrogens is 378 g/mol. The number of amides is 1. The van der Waals surface area contributed by atoms with Crippen LogP contribution in [0.4, 0.5) is 0 Å². The van der Waals surface area contributed by atoms with Crippen molar-refractivity contribution in [3.05, 3.63) is 55.1 Å². The Balaban J connectivity index is 2.05. The number of benzene rings is 1. The lowest BCUT2D eigenvalue weighted by atomic mass is 10.1. The minimum Gasteiger partial charge on any atom is -0.345 e. The molecule has 0 aliphatic heterocycles. The molecule has 1 aromatic carbocycles. The molecule has 0 bridgehead atoms. The highest BCUT2D eigenvalue weighted by Crippen LogP contribution is 2.22. The normalized spacial score (nSPS) is 12.2. The van der Waals surface area contributed by atoms with Crippen LogP contribution in [-0.4, -0.2) is 5.91 Å². The summed E-state index contributed by atoms with van der Waals surface area (Å²) >= 11 is 8.25. The van der Waals surface area contributed by atoms with Gasteiger partial charge in [-0.2, -0.15) is 0 Å². The average Bonchev–Trinajstić information content (AvgIpc) is 2.76. The maximum absolute atomic E-state index is 12.0. The van der Waals surface area contributed by atoms with E-state index in [-0.39, 0.29) is 11.9 Å². The van der Waals surface area contributed by atoms with Gasteiger partial charge < -0.3 is 5.32 Å². The summed E-state index contributed by atoms with van der Waals surface area (Å²) in [6.45, 7) is 1.97. The van der Waals surface area contributed by atoms with Crippen molar-refractivity contribution in [2.45, 2.75) is 13.0 Å². The summed E-state index contributed by atoms with van der Waals surface area (Å²) in [7, 11) is 0. The predicted molar refractivity (Wildman–Crippen MR) is 82.0 cm³/mol. The molecule has 1 amide bonds. The van der Waals surface area contributed by atoms with Gasteiger partial charge in [-0.15, -0.1) is 11.3 Å². The van der Waals surface area contributed by atoms with E-state index >= 15 is 0 Å². The summed E-state index contributed by atoms with van der Waals surface area (Å²) in [4.78, 5) is 12.0.